The van der Waals surface area contributed by atoms with Gasteiger partial charge in [0, 0.05) is 15.9 Å². The SMILES string of the molecule is CC.Cc1cc(C)c[n+](O)c1. The lowest BCUT2D eigenvalue weighted by molar-refractivity contribution is -0.905. The Bertz CT molecular complexity index is 170. The van der Waals surface area contributed by atoms with Crippen molar-refractivity contribution in [1.82, 2.24) is 0 Å². The first-order chi connectivity index (χ1) is 5.18. The van der Waals surface area contributed by atoms with Gasteiger partial charge in [0.25, 0.3) is 0 Å². The van der Waals surface area contributed by atoms with Crippen LogP contribution in [0.5, 0.6) is 0 Å². The molecule has 0 aliphatic rings. The molecule has 0 aromatic carbocycles. The largest absolute Gasteiger partial charge is 0.285 e. The third-order valence-electron chi connectivity index (χ3n) is 1.13. The van der Waals surface area contributed by atoms with Gasteiger partial charge in [-0.1, -0.05) is 13.8 Å². The molecule has 11 heavy (non-hydrogen) atoms. The van der Waals surface area contributed by atoms with Crippen LogP contribution in [0.25, 0.3) is 0 Å². The number of hydrogen-bond acceptors (Lipinski definition) is 1. The molecule has 1 aromatic heterocycles. The molecule has 1 N–H and O–H groups in total. The van der Waals surface area contributed by atoms with E-state index in [1.165, 1.54) is 0 Å². The van der Waals surface area contributed by atoms with Crippen molar-refractivity contribution in [3.05, 3.63) is 29.6 Å². The number of aromatic nitrogens is 1. The summed E-state index contributed by atoms with van der Waals surface area (Å²) in [4.78, 5) is 0. The Labute approximate surface area is 68.1 Å². The van der Waals surface area contributed by atoms with Gasteiger partial charge in [0.1, 0.15) is 0 Å². The second-order valence-electron chi connectivity index (χ2n) is 2.27. The molecule has 0 saturated heterocycles. The van der Waals surface area contributed by atoms with Gasteiger partial charge < -0.3 is 0 Å². The Morgan fingerprint density at radius 1 is 1.09 bits per heavy atom. The molecule has 0 amide bonds. The number of hydrogen-bond donors (Lipinski definition) is 1. The Hall–Kier alpha value is -1.05. The molecule has 0 fully saturated rings. The molecule has 0 aliphatic heterocycles. The van der Waals surface area contributed by atoms with Crippen LogP contribution >= 0.6 is 0 Å². The quantitative estimate of drug-likeness (QED) is 0.447. The molecule has 0 aliphatic carbocycles. The third-order valence-corrected chi connectivity index (χ3v) is 1.13. The Morgan fingerprint density at radius 3 is 1.73 bits per heavy atom. The summed E-state index contributed by atoms with van der Waals surface area (Å²) in [6.07, 6.45) is 3.32. The Kier molecular flexibility index (Phi) is 4.27. The van der Waals surface area contributed by atoms with Crippen LogP contribution in [0.15, 0.2) is 18.5 Å². The summed E-state index contributed by atoms with van der Waals surface area (Å²) in [6.45, 7) is 7.89. The minimum absolute atomic E-state index is 1.07. The molecule has 62 valence electrons. The predicted molar refractivity (Wildman–Crippen MR) is 44.6 cm³/mol. The maximum Gasteiger partial charge on any atom is 0.225 e. The van der Waals surface area contributed by atoms with Crippen molar-refractivity contribution >= 4 is 0 Å². The van der Waals surface area contributed by atoms with Crippen molar-refractivity contribution in [2.45, 2.75) is 27.7 Å². The number of rotatable bonds is 0. The lowest BCUT2D eigenvalue weighted by Crippen LogP contribution is -2.29. The van der Waals surface area contributed by atoms with Gasteiger partial charge in [0.15, 0.2) is 0 Å². The molecule has 2 heteroatoms. The fraction of sp³-hybridized carbons (Fsp3) is 0.444. The molecule has 0 saturated carbocycles. The van der Waals surface area contributed by atoms with Gasteiger partial charge in [-0.3, -0.25) is 5.21 Å². The van der Waals surface area contributed by atoms with Crippen LogP contribution in [-0.4, -0.2) is 5.21 Å². The van der Waals surface area contributed by atoms with Gasteiger partial charge in [0.2, 0.25) is 12.4 Å². The molecule has 1 heterocycles. The van der Waals surface area contributed by atoms with Gasteiger partial charge in [-0.25, -0.2) is 0 Å². The molecule has 1 rings (SSSR count). The van der Waals surface area contributed by atoms with Crippen molar-refractivity contribution in [2.24, 2.45) is 0 Å². The van der Waals surface area contributed by atoms with E-state index in [0.717, 1.165) is 15.9 Å². The van der Waals surface area contributed by atoms with E-state index in [-0.39, 0.29) is 0 Å². The van der Waals surface area contributed by atoms with E-state index in [9.17, 15) is 0 Å². The first kappa shape index (κ1) is 9.95. The molecule has 0 unspecified atom stereocenters. The van der Waals surface area contributed by atoms with Gasteiger partial charge in [-0.2, -0.15) is 0 Å². The van der Waals surface area contributed by atoms with Crippen LogP contribution in [0, 0.1) is 13.8 Å². The van der Waals surface area contributed by atoms with E-state index < -0.39 is 0 Å². The minimum atomic E-state index is 1.07. The Morgan fingerprint density at radius 2 is 1.45 bits per heavy atom. The van der Waals surface area contributed by atoms with Crippen LogP contribution in [0.3, 0.4) is 0 Å². The Balaban J connectivity index is 0.000000461. The molecule has 0 atom stereocenters. The summed E-state index contributed by atoms with van der Waals surface area (Å²) in [7, 11) is 0. The highest BCUT2D eigenvalue weighted by Gasteiger charge is 1.97. The number of pyridine rings is 1. The molecular formula is C9H16NO+. The smallest absolute Gasteiger partial charge is 0.225 e. The van der Waals surface area contributed by atoms with Crippen molar-refractivity contribution < 1.29 is 9.94 Å². The standard InChI is InChI=1S/C7H10NO.C2H6/c1-6-3-7(2)5-8(9)4-6;1-2/h3-5,9H,1-2H3;1-2H3/q+1;. The average molecular weight is 154 g/mol. The van der Waals surface area contributed by atoms with E-state index >= 15 is 0 Å². The van der Waals surface area contributed by atoms with Crippen LogP contribution < -0.4 is 4.73 Å². The van der Waals surface area contributed by atoms with E-state index in [4.69, 9.17) is 5.21 Å². The summed E-state index contributed by atoms with van der Waals surface area (Å²) in [5.41, 5.74) is 2.13. The maximum absolute atomic E-state index is 8.91. The van der Waals surface area contributed by atoms with Gasteiger partial charge in [-0.05, 0) is 19.9 Å². The number of nitrogens with zero attached hydrogens (tertiary/aromatic N) is 1. The van der Waals surface area contributed by atoms with Crippen molar-refractivity contribution in [3.8, 4) is 0 Å². The summed E-state index contributed by atoms with van der Waals surface area (Å²) < 4.78 is 1.07. The predicted octanol–water partition coefficient (Wildman–Crippen LogP) is 1.85. The zero-order valence-electron chi connectivity index (χ0n) is 7.63. The molecule has 1 aromatic rings. The highest BCUT2D eigenvalue weighted by molar-refractivity contribution is 5.10. The van der Waals surface area contributed by atoms with Crippen LogP contribution in [0.4, 0.5) is 0 Å². The lowest BCUT2D eigenvalue weighted by atomic mass is 10.2. The molecule has 0 radical (unpaired) electrons. The number of aryl methyl sites for hydroxylation is 2. The monoisotopic (exact) mass is 154 g/mol. The molecular weight excluding hydrogens is 138 g/mol. The van der Waals surface area contributed by atoms with Gasteiger partial charge >= 0.3 is 0 Å². The van der Waals surface area contributed by atoms with Gasteiger partial charge in [0.05, 0.1) is 0 Å². The minimum Gasteiger partial charge on any atom is -0.285 e. The maximum atomic E-state index is 8.91. The van der Waals surface area contributed by atoms with Crippen LogP contribution in [0.2, 0.25) is 0 Å². The van der Waals surface area contributed by atoms with Crippen LogP contribution in [-0.2, 0) is 0 Å². The zero-order chi connectivity index (χ0) is 8.85. The summed E-state index contributed by atoms with van der Waals surface area (Å²) in [6, 6.07) is 2.01. The molecule has 0 bridgehead atoms. The first-order valence-corrected chi connectivity index (χ1v) is 3.87. The second-order valence-corrected chi connectivity index (χ2v) is 2.27. The third kappa shape index (κ3) is 3.61. The van der Waals surface area contributed by atoms with Crippen molar-refractivity contribution in [3.63, 3.8) is 0 Å². The molecule has 2 nitrogen and oxygen atoms in total. The van der Waals surface area contributed by atoms with Crippen molar-refractivity contribution in [2.75, 3.05) is 0 Å². The first-order valence-electron chi connectivity index (χ1n) is 3.87. The average Bonchev–Trinajstić information content (AvgIpc) is 1.88. The summed E-state index contributed by atoms with van der Waals surface area (Å²) in [5, 5.41) is 8.91. The second kappa shape index (κ2) is 4.72. The fourth-order valence-corrected chi connectivity index (χ4v) is 0.888. The van der Waals surface area contributed by atoms with Crippen molar-refractivity contribution in [1.29, 1.82) is 0 Å². The fourth-order valence-electron chi connectivity index (χ4n) is 0.888. The van der Waals surface area contributed by atoms with E-state index in [1.807, 2.05) is 33.8 Å². The topological polar surface area (TPSA) is 24.1 Å². The van der Waals surface area contributed by atoms with E-state index in [0.29, 0.717) is 0 Å². The highest BCUT2D eigenvalue weighted by atomic mass is 16.5. The lowest BCUT2D eigenvalue weighted by Gasteiger charge is -1.88. The van der Waals surface area contributed by atoms with Crippen LogP contribution in [0.1, 0.15) is 25.0 Å². The summed E-state index contributed by atoms with van der Waals surface area (Å²) >= 11 is 0. The van der Waals surface area contributed by atoms with E-state index in [1.54, 1.807) is 12.4 Å². The zero-order valence-corrected chi connectivity index (χ0v) is 7.63. The van der Waals surface area contributed by atoms with Gasteiger partial charge in [-0.15, -0.1) is 0 Å². The van der Waals surface area contributed by atoms with E-state index in [2.05, 4.69) is 0 Å². The molecule has 0 spiro atoms. The highest BCUT2D eigenvalue weighted by Crippen LogP contribution is 1.95. The normalized spacial score (nSPS) is 8.36. The summed E-state index contributed by atoms with van der Waals surface area (Å²) in [5.74, 6) is 0.